The monoisotopic (exact) mass is 241 g/mol. The van der Waals surface area contributed by atoms with Crippen LogP contribution in [0.25, 0.3) is 0 Å². The molecule has 17 heavy (non-hydrogen) atoms. The lowest BCUT2D eigenvalue weighted by Crippen LogP contribution is -2.35. The van der Waals surface area contributed by atoms with Crippen molar-refractivity contribution in [3.63, 3.8) is 0 Å². The zero-order valence-corrected chi connectivity index (χ0v) is 10.5. The van der Waals surface area contributed by atoms with E-state index in [-0.39, 0.29) is 18.4 Å². The van der Waals surface area contributed by atoms with Gasteiger partial charge in [0, 0.05) is 19.5 Å². The van der Waals surface area contributed by atoms with Gasteiger partial charge in [0.1, 0.15) is 0 Å². The van der Waals surface area contributed by atoms with Gasteiger partial charge in [-0.1, -0.05) is 0 Å². The second-order valence-electron chi connectivity index (χ2n) is 4.77. The van der Waals surface area contributed by atoms with Gasteiger partial charge >= 0.3 is 0 Å². The Balaban J connectivity index is 2.09. The molecule has 0 bridgehead atoms. The first-order valence-electron chi connectivity index (χ1n) is 6.34. The van der Waals surface area contributed by atoms with E-state index in [1.54, 1.807) is 7.05 Å². The van der Waals surface area contributed by atoms with Crippen LogP contribution in [-0.4, -0.2) is 31.4 Å². The fourth-order valence-corrected chi connectivity index (χ4v) is 2.17. The van der Waals surface area contributed by atoms with Crippen LogP contribution in [0.2, 0.25) is 0 Å². The van der Waals surface area contributed by atoms with Crippen LogP contribution >= 0.6 is 0 Å². The van der Waals surface area contributed by atoms with Gasteiger partial charge in [-0.2, -0.15) is 0 Å². The number of rotatable bonds is 5. The molecule has 2 amide bonds. The summed E-state index contributed by atoms with van der Waals surface area (Å²) in [5.41, 5.74) is 5.83. The molecule has 0 aromatic heterocycles. The van der Waals surface area contributed by atoms with Crippen molar-refractivity contribution in [2.45, 2.75) is 44.6 Å². The Morgan fingerprint density at radius 3 is 2.41 bits per heavy atom. The molecular formula is C12H23N3O2. The first kappa shape index (κ1) is 14.0. The Morgan fingerprint density at radius 2 is 1.82 bits per heavy atom. The van der Waals surface area contributed by atoms with Crippen molar-refractivity contribution in [2.24, 2.45) is 11.7 Å². The smallest absolute Gasteiger partial charge is 0.239 e. The first-order chi connectivity index (χ1) is 8.11. The van der Waals surface area contributed by atoms with Crippen LogP contribution in [0.5, 0.6) is 0 Å². The number of likely N-dealkylation sites (N-methyl/N-ethyl adjacent to an activating group) is 1. The lowest BCUT2D eigenvalue weighted by Gasteiger charge is -2.25. The maximum atomic E-state index is 11.5. The second-order valence-corrected chi connectivity index (χ2v) is 4.77. The number of hydrogen-bond donors (Lipinski definition) is 3. The quantitative estimate of drug-likeness (QED) is 0.640. The topological polar surface area (TPSA) is 84.2 Å². The van der Waals surface area contributed by atoms with E-state index in [9.17, 15) is 9.59 Å². The lowest BCUT2D eigenvalue weighted by molar-refractivity contribution is -0.126. The van der Waals surface area contributed by atoms with Gasteiger partial charge in [-0.05, 0) is 38.0 Å². The van der Waals surface area contributed by atoms with Crippen LogP contribution in [-0.2, 0) is 9.59 Å². The first-order valence-corrected chi connectivity index (χ1v) is 6.34. The zero-order valence-electron chi connectivity index (χ0n) is 10.5. The number of carbonyl (C=O) groups excluding carboxylic acids is 2. The highest BCUT2D eigenvalue weighted by molar-refractivity contribution is 5.84. The van der Waals surface area contributed by atoms with Crippen LogP contribution in [0.3, 0.4) is 0 Å². The second kappa shape index (κ2) is 7.27. The summed E-state index contributed by atoms with van der Waals surface area (Å²) in [7, 11) is 1.56. The summed E-state index contributed by atoms with van der Waals surface area (Å²) in [6.07, 6.45) is 5.83. The third kappa shape index (κ3) is 5.68. The van der Waals surface area contributed by atoms with Crippen LogP contribution in [0.1, 0.15) is 38.5 Å². The Kier molecular flexibility index (Phi) is 5.97. The Labute approximate surface area is 103 Å². The van der Waals surface area contributed by atoms with E-state index in [0.29, 0.717) is 18.4 Å². The summed E-state index contributed by atoms with van der Waals surface area (Å²) >= 11 is 0. The SMILES string of the molecule is CNC(=O)CNC(=O)CCC1CCC(N)CC1. The molecule has 0 aromatic carbocycles. The molecule has 98 valence electrons. The molecule has 4 N–H and O–H groups in total. The highest BCUT2D eigenvalue weighted by atomic mass is 16.2. The minimum atomic E-state index is -0.165. The van der Waals surface area contributed by atoms with E-state index < -0.39 is 0 Å². The van der Waals surface area contributed by atoms with Crippen molar-refractivity contribution < 1.29 is 9.59 Å². The molecule has 0 heterocycles. The standard InChI is InChI=1S/C12H23N3O2/c1-14-12(17)8-15-11(16)7-4-9-2-5-10(13)6-3-9/h9-10H,2-8,13H2,1H3,(H,14,17)(H,15,16). The van der Waals surface area contributed by atoms with Gasteiger partial charge in [0.2, 0.25) is 11.8 Å². The molecular weight excluding hydrogens is 218 g/mol. The van der Waals surface area contributed by atoms with Crippen molar-refractivity contribution in [3.05, 3.63) is 0 Å². The summed E-state index contributed by atoms with van der Waals surface area (Å²) < 4.78 is 0. The molecule has 1 aliphatic carbocycles. The van der Waals surface area contributed by atoms with E-state index >= 15 is 0 Å². The molecule has 1 aliphatic rings. The molecule has 5 heteroatoms. The van der Waals surface area contributed by atoms with Gasteiger partial charge in [-0.25, -0.2) is 0 Å². The van der Waals surface area contributed by atoms with Crippen molar-refractivity contribution in [3.8, 4) is 0 Å². The van der Waals surface area contributed by atoms with E-state index in [0.717, 1.165) is 32.1 Å². The van der Waals surface area contributed by atoms with Gasteiger partial charge < -0.3 is 16.4 Å². The average molecular weight is 241 g/mol. The molecule has 5 nitrogen and oxygen atoms in total. The molecule has 0 radical (unpaired) electrons. The fourth-order valence-electron chi connectivity index (χ4n) is 2.17. The normalized spacial score (nSPS) is 24.1. The molecule has 0 aromatic rings. The van der Waals surface area contributed by atoms with Gasteiger partial charge in [0.15, 0.2) is 0 Å². The van der Waals surface area contributed by atoms with Crippen molar-refractivity contribution >= 4 is 11.8 Å². The van der Waals surface area contributed by atoms with Gasteiger partial charge in [0.25, 0.3) is 0 Å². The van der Waals surface area contributed by atoms with Crippen molar-refractivity contribution in [1.82, 2.24) is 10.6 Å². The van der Waals surface area contributed by atoms with Crippen molar-refractivity contribution in [1.29, 1.82) is 0 Å². The number of amides is 2. The lowest BCUT2D eigenvalue weighted by atomic mass is 9.84. The molecule has 0 unspecified atom stereocenters. The minimum Gasteiger partial charge on any atom is -0.358 e. The van der Waals surface area contributed by atoms with Crippen LogP contribution in [0.15, 0.2) is 0 Å². The predicted octanol–water partition coefficient (Wildman–Crippen LogP) is 0.146. The molecule has 0 saturated heterocycles. The zero-order chi connectivity index (χ0) is 12.7. The van der Waals surface area contributed by atoms with Gasteiger partial charge in [-0.3, -0.25) is 9.59 Å². The fraction of sp³-hybridized carbons (Fsp3) is 0.833. The summed E-state index contributed by atoms with van der Waals surface area (Å²) in [6.45, 7) is 0.0743. The van der Waals surface area contributed by atoms with Crippen LogP contribution < -0.4 is 16.4 Å². The van der Waals surface area contributed by atoms with Gasteiger partial charge in [0.05, 0.1) is 6.54 Å². The molecule has 1 fully saturated rings. The predicted molar refractivity (Wildman–Crippen MR) is 66.2 cm³/mol. The van der Waals surface area contributed by atoms with E-state index in [4.69, 9.17) is 5.73 Å². The molecule has 1 saturated carbocycles. The highest BCUT2D eigenvalue weighted by Gasteiger charge is 2.19. The number of nitrogens with one attached hydrogen (secondary N) is 2. The Morgan fingerprint density at radius 1 is 1.18 bits per heavy atom. The third-order valence-corrected chi connectivity index (χ3v) is 3.40. The summed E-state index contributed by atoms with van der Waals surface area (Å²) in [6, 6.07) is 0.355. The number of carbonyl (C=O) groups is 2. The Bertz CT molecular complexity index is 260. The van der Waals surface area contributed by atoms with E-state index in [1.165, 1.54) is 0 Å². The van der Waals surface area contributed by atoms with E-state index in [1.807, 2.05) is 0 Å². The Hall–Kier alpha value is -1.10. The molecule has 1 rings (SSSR count). The number of nitrogens with two attached hydrogens (primary N) is 1. The van der Waals surface area contributed by atoms with Crippen LogP contribution in [0, 0.1) is 5.92 Å². The van der Waals surface area contributed by atoms with E-state index in [2.05, 4.69) is 10.6 Å². The third-order valence-electron chi connectivity index (χ3n) is 3.40. The molecule has 0 aliphatic heterocycles. The molecule has 0 atom stereocenters. The number of hydrogen-bond acceptors (Lipinski definition) is 3. The molecule has 0 spiro atoms. The van der Waals surface area contributed by atoms with Gasteiger partial charge in [-0.15, -0.1) is 0 Å². The average Bonchev–Trinajstić information content (AvgIpc) is 2.35. The largest absolute Gasteiger partial charge is 0.358 e. The summed E-state index contributed by atoms with van der Waals surface area (Å²) in [5.74, 6) is 0.422. The minimum absolute atomic E-state index is 0.0385. The summed E-state index contributed by atoms with van der Waals surface area (Å²) in [5, 5.41) is 5.07. The highest BCUT2D eigenvalue weighted by Crippen LogP contribution is 2.26. The van der Waals surface area contributed by atoms with Crippen molar-refractivity contribution in [2.75, 3.05) is 13.6 Å². The summed E-state index contributed by atoms with van der Waals surface area (Å²) in [4.78, 5) is 22.4. The maximum absolute atomic E-state index is 11.5. The van der Waals surface area contributed by atoms with Crippen LogP contribution in [0.4, 0.5) is 0 Å². The maximum Gasteiger partial charge on any atom is 0.239 e.